The quantitative estimate of drug-likeness (QED) is 0.692. The number of aromatic nitrogens is 2. The molecule has 3 rings (SSSR count). The molecule has 0 aliphatic carbocycles. The minimum atomic E-state index is -0.447. The summed E-state index contributed by atoms with van der Waals surface area (Å²) in [6, 6.07) is 4.55. The predicted molar refractivity (Wildman–Crippen MR) is 71.6 cm³/mol. The van der Waals surface area contributed by atoms with Gasteiger partial charge in [0, 0.05) is 37.6 Å². The number of nitrogens with one attached hydrogen (secondary N) is 1. The molecule has 7 heteroatoms. The van der Waals surface area contributed by atoms with Crippen molar-refractivity contribution in [1.29, 1.82) is 0 Å². The van der Waals surface area contributed by atoms with Gasteiger partial charge in [-0.3, -0.25) is 10.1 Å². The molecule has 2 heterocycles. The Bertz CT molecular complexity index is 608. The molecule has 2 aromatic rings. The number of nitrogens with zero attached hydrogens (tertiary/aromatic N) is 3. The molecule has 1 saturated heterocycles. The van der Waals surface area contributed by atoms with E-state index in [1.165, 1.54) is 12.1 Å². The molecular formula is C12H11ClN4O2. The molecule has 1 N–H and O–H groups in total. The number of aromatic amines is 1. The molecular weight excluding hydrogens is 268 g/mol. The number of H-pyrrole nitrogens is 1. The first-order valence-corrected chi connectivity index (χ1v) is 6.21. The molecule has 1 aliphatic rings. The third kappa shape index (κ3) is 2.15. The smallest absolute Gasteiger partial charge is 0.271 e. The lowest BCUT2D eigenvalue weighted by molar-refractivity contribution is -0.384. The molecule has 1 fully saturated rings. The molecule has 0 radical (unpaired) electrons. The fourth-order valence-electron chi connectivity index (χ4n) is 2.21. The number of benzene rings is 1. The van der Waals surface area contributed by atoms with Crippen LogP contribution in [0.25, 0.3) is 0 Å². The van der Waals surface area contributed by atoms with Gasteiger partial charge < -0.3 is 9.88 Å². The van der Waals surface area contributed by atoms with E-state index in [0.717, 1.165) is 24.6 Å². The van der Waals surface area contributed by atoms with Crippen molar-refractivity contribution >= 4 is 23.0 Å². The molecule has 0 amide bonds. The molecule has 0 spiro atoms. The van der Waals surface area contributed by atoms with E-state index < -0.39 is 4.92 Å². The van der Waals surface area contributed by atoms with E-state index in [2.05, 4.69) is 14.9 Å². The second-order valence-corrected chi connectivity index (χ2v) is 4.88. The maximum absolute atomic E-state index is 10.6. The van der Waals surface area contributed by atoms with Gasteiger partial charge in [-0.25, -0.2) is 4.98 Å². The third-order valence-corrected chi connectivity index (χ3v) is 3.57. The first-order chi connectivity index (χ1) is 9.15. The number of nitro benzene ring substituents is 1. The summed E-state index contributed by atoms with van der Waals surface area (Å²) in [5.41, 5.74) is 0.840. The number of non-ortho nitro benzene ring substituents is 1. The molecule has 1 aromatic heterocycles. The van der Waals surface area contributed by atoms with E-state index in [4.69, 9.17) is 11.6 Å². The minimum Gasteiger partial charge on any atom is -0.369 e. The van der Waals surface area contributed by atoms with Gasteiger partial charge in [0.1, 0.15) is 5.82 Å². The zero-order valence-electron chi connectivity index (χ0n) is 9.91. The summed E-state index contributed by atoms with van der Waals surface area (Å²) >= 11 is 6.08. The van der Waals surface area contributed by atoms with Gasteiger partial charge in [-0.15, -0.1) is 0 Å². The van der Waals surface area contributed by atoms with E-state index in [-0.39, 0.29) is 5.69 Å². The van der Waals surface area contributed by atoms with Crippen LogP contribution >= 0.6 is 11.6 Å². The molecule has 0 atom stereocenters. The van der Waals surface area contributed by atoms with Crippen molar-refractivity contribution in [3.05, 3.63) is 51.6 Å². The summed E-state index contributed by atoms with van der Waals surface area (Å²) in [5.74, 6) is 1.33. The van der Waals surface area contributed by atoms with Crippen molar-refractivity contribution in [2.24, 2.45) is 0 Å². The van der Waals surface area contributed by atoms with Gasteiger partial charge in [0.05, 0.1) is 21.6 Å². The number of hydrogen-bond donors (Lipinski definition) is 1. The highest BCUT2D eigenvalue weighted by atomic mass is 35.5. The lowest BCUT2D eigenvalue weighted by Gasteiger charge is -2.40. The Balaban J connectivity index is 1.73. The van der Waals surface area contributed by atoms with Crippen LogP contribution in [-0.2, 0) is 0 Å². The summed E-state index contributed by atoms with van der Waals surface area (Å²) in [4.78, 5) is 19.6. The Labute approximate surface area is 114 Å². The topological polar surface area (TPSA) is 75.1 Å². The van der Waals surface area contributed by atoms with Crippen molar-refractivity contribution in [3.8, 4) is 0 Å². The highest BCUT2D eigenvalue weighted by Crippen LogP contribution is 2.36. The van der Waals surface area contributed by atoms with Crippen LogP contribution in [0, 0.1) is 10.1 Å². The fourth-order valence-corrected chi connectivity index (χ4v) is 2.51. The van der Waals surface area contributed by atoms with E-state index in [1.54, 1.807) is 18.5 Å². The maximum Gasteiger partial charge on any atom is 0.271 e. The number of imidazole rings is 1. The Hall–Kier alpha value is -2.08. The van der Waals surface area contributed by atoms with Crippen LogP contribution in [0.5, 0.6) is 0 Å². The van der Waals surface area contributed by atoms with Crippen molar-refractivity contribution in [2.45, 2.75) is 5.92 Å². The Morgan fingerprint density at radius 2 is 2.26 bits per heavy atom. The summed E-state index contributed by atoms with van der Waals surface area (Å²) in [6.07, 6.45) is 3.54. The monoisotopic (exact) mass is 278 g/mol. The van der Waals surface area contributed by atoms with E-state index in [1.807, 2.05) is 0 Å². The van der Waals surface area contributed by atoms with Crippen LogP contribution in [0.2, 0.25) is 5.02 Å². The second-order valence-electron chi connectivity index (χ2n) is 4.47. The Morgan fingerprint density at radius 1 is 1.47 bits per heavy atom. The third-order valence-electron chi connectivity index (χ3n) is 3.27. The van der Waals surface area contributed by atoms with Gasteiger partial charge in [0.15, 0.2) is 0 Å². The summed E-state index contributed by atoms with van der Waals surface area (Å²) in [7, 11) is 0. The van der Waals surface area contributed by atoms with Gasteiger partial charge in [-0.1, -0.05) is 11.6 Å². The van der Waals surface area contributed by atoms with Gasteiger partial charge in [-0.2, -0.15) is 0 Å². The molecule has 0 unspecified atom stereocenters. The van der Waals surface area contributed by atoms with Gasteiger partial charge in [0.2, 0.25) is 0 Å². The molecule has 1 aromatic carbocycles. The van der Waals surface area contributed by atoms with Crippen molar-refractivity contribution in [2.75, 3.05) is 18.0 Å². The van der Waals surface area contributed by atoms with Crippen molar-refractivity contribution in [3.63, 3.8) is 0 Å². The van der Waals surface area contributed by atoms with E-state index >= 15 is 0 Å². The van der Waals surface area contributed by atoms with Crippen LogP contribution in [0.15, 0.2) is 30.6 Å². The number of hydrogen-bond acceptors (Lipinski definition) is 4. The lowest BCUT2D eigenvalue weighted by Crippen LogP contribution is -2.45. The van der Waals surface area contributed by atoms with Gasteiger partial charge in [-0.05, 0) is 6.07 Å². The van der Waals surface area contributed by atoms with Crippen molar-refractivity contribution < 1.29 is 4.92 Å². The lowest BCUT2D eigenvalue weighted by atomic mass is 9.98. The zero-order chi connectivity index (χ0) is 13.4. The van der Waals surface area contributed by atoms with Gasteiger partial charge in [0.25, 0.3) is 5.69 Å². The largest absolute Gasteiger partial charge is 0.369 e. The van der Waals surface area contributed by atoms with Gasteiger partial charge >= 0.3 is 0 Å². The summed E-state index contributed by atoms with van der Waals surface area (Å²) in [6.45, 7) is 1.62. The molecule has 1 aliphatic heterocycles. The normalized spacial score (nSPS) is 15.3. The number of anilines is 1. The Morgan fingerprint density at radius 3 is 2.84 bits per heavy atom. The molecule has 0 saturated carbocycles. The standard InChI is InChI=1S/C12H11ClN4O2/c13-10-5-9(17(18)19)1-2-11(10)16-6-8(7-16)12-14-3-4-15-12/h1-5,8H,6-7H2,(H,14,15). The van der Waals surface area contributed by atoms with Crippen LogP contribution in [0.1, 0.15) is 11.7 Å². The summed E-state index contributed by atoms with van der Waals surface area (Å²) < 4.78 is 0. The first-order valence-electron chi connectivity index (χ1n) is 5.83. The second kappa shape index (κ2) is 4.55. The van der Waals surface area contributed by atoms with Crippen molar-refractivity contribution in [1.82, 2.24) is 9.97 Å². The highest BCUT2D eigenvalue weighted by molar-refractivity contribution is 6.33. The van der Waals surface area contributed by atoms with E-state index in [9.17, 15) is 10.1 Å². The van der Waals surface area contributed by atoms with Crippen LogP contribution in [0.4, 0.5) is 11.4 Å². The average molecular weight is 279 g/mol. The first kappa shape index (κ1) is 12.0. The van der Waals surface area contributed by atoms with Crippen LogP contribution in [0.3, 0.4) is 0 Å². The number of nitro groups is 1. The molecule has 19 heavy (non-hydrogen) atoms. The number of rotatable bonds is 3. The van der Waals surface area contributed by atoms with E-state index in [0.29, 0.717) is 10.9 Å². The highest BCUT2D eigenvalue weighted by Gasteiger charge is 2.31. The molecule has 6 nitrogen and oxygen atoms in total. The maximum atomic E-state index is 10.6. The zero-order valence-corrected chi connectivity index (χ0v) is 10.7. The van der Waals surface area contributed by atoms with Crippen LogP contribution in [-0.4, -0.2) is 28.0 Å². The molecule has 98 valence electrons. The SMILES string of the molecule is O=[N+]([O-])c1ccc(N2CC(c3ncc[nH]3)C2)c(Cl)c1. The minimum absolute atomic E-state index is 0.0110. The van der Waals surface area contributed by atoms with Crippen LogP contribution < -0.4 is 4.90 Å². The predicted octanol–water partition coefficient (Wildman–Crippen LogP) is 2.58. The molecule has 0 bridgehead atoms. The summed E-state index contributed by atoms with van der Waals surface area (Å²) in [5, 5.41) is 11.1. The Kier molecular flexibility index (Phi) is 2.87. The fraction of sp³-hybridized carbons (Fsp3) is 0.250. The average Bonchev–Trinajstić information content (AvgIpc) is 2.82. The number of halogens is 1.